The standard InChI is InChI=1S/C21H26N6O2S/c1-2-6-15-14(5-1)16-17-18(19(25-26-24-17)22-12-13-4-3-9-29-13)30-21(16)23-20(15)27-7-10-28-11-8-27/h13H,1-12H2,(H,22,24,25)/t13-/m0/s1. The number of fused-ring (bicyclic) bond motifs is 5. The zero-order chi connectivity index (χ0) is 19.9. The van der Waals surface area contributed by atoms with E-state index in [9.17, 15) is 0 Å². The molecule has 0 amide bonds. The second-order valence-corrected chi connectivity index (χ2v) is 9.31. The predicted molar refractivity (Wildman–Crippen MR) is 118 cm³/mol. The molecule has 1 N–H and O–H groups in total. The first-order chi connectivity index (χ1) is 14.9. The van der Waals surface area contributed by atoms with Crippen molar-refractivity contribution in [3.8, 4) is 0 Å². The normalized spacial score (nSPS) is 22.0. The molecule has 0 unspecified atom stereocenters. The number of aryl methyl sites for hydroxylation is 1. The number of ether oxygens (including phenoxy) is 2. The van der Waals surface area contributed by atoms with Gasteiger partial charge in [0, 0.05) is 31.6 Å². The van der Waals surface area contributed by atoms with Crippen LogP contribution in [0.15, 0.2) is 0 Å². The van der Waals surface area contributed by atoms with Crippen LogP contribution in [0.4, 0.5) is 11.6 Å². The highest BCUT2D eigenvalue weighted by atomic mass is 32.1. The van der Waals surface area contributed by atoms with Gasteiger partial charge in [-0.25, -0.2) is 4.98 Å². The number of pyridine rings is 1. The van der Waals surface area contributed by atoms with Crippen LogP contribution in [0.25, 0.3) is 20.4 Å². The fourth-order valence-electron chi connectivity index (χ4n) is 4.93. The topological polar surface area (TPSA) is 85.3 Å². The molecule has 30 heavy (non-hydrogen) atoms. The van der Waals surface area contributed by atoms with Gasteiger partial charge in [0.15, 0.2) is 5.82 Å². The fraction of sp³-hybridized carbons (Fsp3) is 0.619. The monoisotopic (exact) mass is 426 g/mol. The number of aromatic nitrogens is 4. The van der Waals surface area contributed by atoms with Crippen molar-refractivity contribution in [2.75, 3.05) is 49.7 Å². The molecule has 0 saturated carbocycles. The van der Waals surface area contributed by atoms with Crippen LogP contribution < -0.4 is 10.2 Å². The SMILES string of the molecule is C1CCc2c(c(N3CCOCC3)nc3sc4c(NC[C@@H]5CCCO5)nnnc4c23)C1. The summed E-state index contributed by atoms with van der Waals surface area (Å²) in [7, 11) is 0. The summed E-state index contributed by atoms with van der Waals surface area (Å²) in [4.78, 5) is 8.62. The van der Waals surface area contributed by atoms with Crippen LogP contribution in [0, 0.1) is 0 Å². The van der Waals surface area contributed by atoms with Crippen molar-refractivity contribution in [1.82, 2.24) is 20.4 Å². The zero-order valence-electron chi connectivity index (χ0n) is 17.0. The number of hydrogen-bond acceptors (Lipinski definition) is 9. The first kappa shape index (κ1) is 18.7. The quantitative estimate of drug-likeness (QED) is 0.682. The molecule has 5 heterocycles. The predicted octanol–water partition coefficient (Wildman–Crippen LogP) is 2.94. The van der Waals surface area contributed by atoms with Gasteiger partial charge in [0.1, 0.15) is 20.9 Å². The molecule has 0 radical (unpaired) electrons. The minimum absolute atomic E-state index is 0.253. The minimum atomic E-state index is 0.253. The molecular formula is C21H26N6O2S. The average Bonchev–Trinajstić information content (AvgIpc) is 3.45. The molecule has 2 saturated heterocycles. The molecular weight excluding hydrogens is 400 g/mol. The number of nitrogens with zero attached hydrogens (tertiary/aromatic N) is 5. The molecule has 0 aromatic carbocycles. The van der Waals surface area contributed by atoms with Gasteiger partial charge in [0.25, 0.3) is 0 Å². The van der Waals surface area contributed by atoms with Crippen LogP contribution >= 0.6 is 11.3 Å². The molecule has 3 aliphatic rings. The summed E-state index contributed by atoms with van der Waals surface area (Å²) in [6.07, 6.45) is 7.09. The minimum Gasteiger partial charge on any atom is -0.378 e. The summed E-state index contributed by atoms with van der Waals surface area (Å²) in [5, 5.41) is 17.5. The maximum absolute atomic E-state index is 5.75. The lowest BCUT2D eigenvalue weighted by Gasteiger charge is -2.31. The Hall–Kier alpha value is -2.10. The summed E-state index contributed by atoms with van der Waals surface area (Å²) in [5.41, 5.74) is 3.77. The van der Waals surface area contributed by atoms with Gasteiger partial charge >= 0.3 is 0 Å². The summed E-state index contributed by atoms with van der Waals surface area (Å²) >= 11 is 1.68. The number of nitrogens with one attached hydrogen (secondary N) is 1. The molecule has 0 spiro atoms. The molecule has 158 valence electrons. The lowest BCUT2D eigenvalue weighted by atomic mass is 9.90. The van der Waals surface area contributed by atoms with E-state index < -0.39 is 0 Å². The van der Waals surface area contributed by atoms with Gasteiger partial charge in [-0.15, -0.1) is 21.5 Å². The van der Waals surface area contributed by atoms with E-state index in [4.69, 9.17) is 14.5 Å². The lowest BCUT2D eigenvalue weighted by molar-refractivity contribution is 0.120. The van der Waals surface area contributed by atoms with Crippen molar-refractivity contribution < 1.29 is 9.47 Å². The maximum atomic E-state index is 5.75. The highest BCUT2D eigenvalue weighted by Gasteiger charge is 2.27. The molecule has 6 rings (SSSR count). The lowest BCUT2D eigenvalue weighted by Crippen LogP contribution is -2.37. The third kappa shape index (κ3) is 3.19. The van der Waals surface area contributed by atoms with Crippen LogP contribution in [0.5, 0.6) is 0 Å². The van der Waals surface area contributed by atoms with E-state index in [1.165, 1.54) is 29.4 Å². The first-order valence-corrected chi connectivity index (χ1v) is 11.9. The molecule has 1 atom stereocenters. The van der Waals surface area contributed by atoms with Gasteiger partial charge in [0.05, 0.1) is 19.3 Å². The van der Waals surface area contributed by atoms with Gasteiger partial charge in [-0.3, -0.25) is 0 Å². The number of anilines is 2. The van der Waals surface area contributed by atoms with E-state index in [0.717, 1.165) is 91.8 Å². The van der Waals surface area contributed by atoms with Gasteiger partial charge < -0.3 is 19.7 Å². The maximum Gasteiger partial charge on any atom is 0.170 e. The van der Waals surface area contributed by atoms with Crippen molar-refractivity contribution in [2.45, 2.75) is 44.6 Å². The highest BCUT2D eigenvalue weighted by Crippen LogP contribution is 2.42. The third-order valence-electron chi connectivity index (χ3n) is 6.45. The Kier molecular flexibility index (Phi) is 4.89. The number of thiophene rings is 1. The number of rotatable bonds is 4. The molecule has 8 nitrogen and oxygen atoms in total. The summed E-state index contributed by atoms with van der Waals surface area (Å²) < 4.78 is 12.4. The third-order valence-corrected chi connectivity index (χ3v) is 7.53. The summed E-state index contributed by atoms with van der Waals surface area (Å²) in [6, 6.07) is 0. The second kappa shape index (κ2) is 7.86. The Balaban J connectivity index is 1.46. The Morgan fingerprint density at radius 2 is 1.90 bits per heavy atom. The molecule has 2 aliphatic heterocycles. The van der Waals surface area contributed by atoms with E-state index in [2.05, 4.69) is 25.6 Å². The van der Waals surface area contributed by atoms with Crippen LogP contribution in [0.3, 0.4) is 0 Å². The Morgan fingerprint density at radius 3 is 2.73 bits per heavy atom. The Labute approximate surface area is 179 Å². The van der Waals surface area contributed by atoms with Gasteiger partial charge in [-0.1, -0.05) is 0 Å². The van der Waals surface area contributed by atoms with Crippen LogP contribution in [0.2, 0.25) is 0 Å². The summed E-state index contributed by atoms with van der Waals surface area (Å²) in [6.45, 7) is 4.97. The number of morpholine rings is 1. The van der Waals surface area contributed by atoms with E-state index in [0.29, 0.717) is 0 Å². The Bertz CT molecular complexity index is 1070. The smallest absolute Gasteiger partial charge is 0.170 e. The molecule has 3 aromatic rings. The zero-order valence-corrected chi connectivity index (χ0v) is 17.8. The van der Waals surface area contributed by atoms with Crippen molar-refractivity contribution in [2.24, 2.45) is 0 Å². The second-order valence-electron chi connectivity index (χ2n) is 8.31. The van der Waals surface area contributed by atoms with E-state index in [1.807, 2.05) is 0 Å². The van der Waals surface area contributed by atoms with Gasteiger partial charge in [-0.05, 0) is 54.9 Å². The van der Waals surface area contributed by atoms with Crippen molar-refractivity contribution >= 4 is 43.4 Å². The largest absolute Gasteiger partial charge is 0.378 e. The molecule has 9 heteroatoms. The summed E-state index contributed by atoms with van der Waals surface area (Å²) in [5.74, 6) is 1.96. The van der Waals surface area contributed by atoms with Gasteiger partial charge in [0.2, 0.25) is 0 Å². The molecule has 0 bridgehead atoms. The average molecular weight is 427 g/mol. The number of hydrogen-bond donors (Lipinski definition) is 1. The van der Waals surface area contributed by atoms with E-state index in [1.54, 1.807) is 11.3 Å². The molecule has 2 fully saturated rings. The van der Waals surface area contributed by atoms with Gasteiger partial charge in [-0.2, -0.15) is 0 Å². The Morgan fingerprint density at radius 1 is 1.03 bits per heavy atom. The van der Waals surface area contributed by atoms with E-state index in [-0.39, 0.29) is 6.10 Å². The van der Waals surface area contributed by atoms with Crippen molar-refractivity contribution in [3.63, 3.8) is 0 Å². The first-order valence-electron chi connectivity index (χ1n) is 11.0. The van der Waals surface area contributed by atoms with Crippen LogP contribution in [-0.2, 0) is 22.3 Å². The molecule has 3 aromatic heterocycles. The van der Waals surface area contributed by atoms with E-state index >= 15 is 0 Å². The van der Waals surface area contributed by atoms with Crippen LogP contribution in [0.1, 0.15) is 36.8 Å². The van der Waals surface area contributed by atoms with Crippen molar-refractivity contribution in [3.05, 3.63) is 11.1 Å². The highest BCUT2D eigenvalue weighted by molar-refractivity contribution is 7.26. The molecule has 1 aliphatic carbocycles. The van der Waals surface area contributed by atoms with Crippen LogP contribution in [-0.4, -0.2) is 66.0 Å². The van der Waals surface area contributed by atoms with Crippen molar-refractivity contribution in [1.29, 1.82) is 0 Å². The fourth-order valence-corrected chi connectivity index (χ4v) is 6.03.